The molecule has 1 unspecified atom stereocenters. The van der Waals surface area contributed by atoms with Crippen LogP contribution >= 0.6 is 0 Å². The third-order valence-electron chi connectivity index (χ3n) is 6.05. The number of nitrogens with two attached hydrogens (primary N) is 1. The van der Waals surface area contributed by atoms with E-state index >= 15 is 0 Å². The molecular weight excluding hydrogens is 250 g/mol. The molecule has 0 spiro atoms. The van der Waals surface area contributed by atoms with Crippen molar-refractivity contribution in [2.24, 2.45) is 36.0 Å². The van der Waals surface area contributed by atoms with Crippen molar-refractivity contribution in [1.82, 2.24) is 9.78 Å². The highest BCUT2D eigenvalue weighted by molar-refractivity contribution is 5.15. The number of aryl methyl sites for hydroxylation is 1. The van der Waals surface area contributed by atoms with Gasteiger partial charge in [0.05, 0.1) is 11.7 Å². The molecule has 0 aliphatic heterocycles. The summed E-state index contributed by atoms with van der Waals surface area (Å²) in [4.78, 5) is 11.5. The van der Waals surface area contributed by atoms with E-state index in [1.165, 1.54) is 43.2 Å². The smallest absolute Gasteiger partial charge is 0.266 e. The highest BCUT2D eigenvalue weighted by Gasteiger charge is 2.53. The van der Waals surface area contributed by atoms with Crippen molar-refractivity contribution >= 4 is 0 Å². The minimum absolute atomic E-state index is 0.0114. The summed E-state index contributed by atoms with van der Waals surface area (Å²) in [7, 11) is 1.71. The summed E-state index contributed by atoms with van der Waals surface area (Å²) < 4.78 is 1.41. The van der Waals surface area contributed by atoms with Gasteiger partial charge in [-0.2, -0.15) is 5.10 Å². The van der Waals surface area contributed by atoms with Crippen molar-refractivity contribution in [3.8, 4) is 0 Å². The van der Waals surface area contributed by atoms with Crippen molar-refractivity contribution < 1.29 is 0 Å². The maximum absolute atomic E-state index is 11.5. The normalized spacial score (nSPS) is 40.0. The molecule has 1 aromatic heterocycles. The monoisotopic (exact) mass is 273 g/mol. The van der Waals surface area contributed by atoms with Gasteiger partial charge in [0.2, 0.25) is 0 Å². The maximum atomic E-state index is 11.5. The SMILES string of the molecule is Cn1nc(C(N)C23CC4CC(CC(C4)C2)C3)ccc1=O. The molecule has 0 radical (unpaired) electrons. The molecule has 4 fully saturated rings. The Bertz CT molecular complexity index is 556. The summed E-state index contributed by atoms with van der Waals surface area (Å²) >= 11 is 0. The quantitative estimate of drug-likeness (QED) is 0.896. The van der Waals surface area contributed by atoms with Crippen LogP contribution in [0.1, 0.15) is 50.3 Å². The lowest BCUT2D eigenvalue weighted by atomic mass is 9.47. The zero-order valence-electron chi connectivity index (χ0n) is 12.1. The van der Waals surface area contributed by atoms with E-state index in [0.29, 0.717) is 0 Å². The van der Waals surface area contributed by atoms with E-state index in [-0.39, 0.29) is 17.0 Å². The van der Waals surface area contributed by atoms with Crippen LogP contribution in [0.5, 0.6) is 0 Å². The number of hydrogen-bond donors (Lipinski definition) is 1. The Morgan fingerprint density at radius 1 is 1.20 bits per heavy atom. The van der Waals surface area contributed by atoms with Gasteiger partial charge in [-0.05, 0) is 67.8 Å². The lowest BCUT2D eigenvalue weighted by Gasteiger charge is -2.58. The number of aromatic nitrogens is 2. The second kappa shape index (κ2) is 4.17. The average Bonchev–Trinajstić information content (AvgIpc) is 2.39. The molecule has 4 nitrogen and oxygen atoms in total. The first-order valence-electron chi connectivity index (χ1n) is 7.85. The van der Waals surface area contributed by atoms with Crippen LogP contribution in [-0.2, 0) is 7.05 Å². The Morgan fingerprint density at radius 3 is 2.25 bits per heavy atom. The molecule has 4 aliphatic carbocycles. The first kappa shape index (κ1) is 12.6. The van der Waals surface area contributed by atoms with Crippen molar-refractivity contribution in [2.45, 2.75) is 44.6 Å². The van der Waals surface area contributed by atoms with Gasteiger partial charge in [-0.25, -0.2) is 4.68 Å². The summed E-state index contributed by atoms with van der Waals surface area (Å²) in [6.07, 6.45) is 8.08. The lowest BCUT2D eigenvalue weighted by molar-refractivity contribution is -0.0686. The molecule has 4 aliphatic rings. The number of rotatable bonds is 2. The largest absolute Gasteiger partial charge is 0.322 e. The molecule has 4 saturated carbocycles. The summed E-state index contributed by atoms with van der Waals surface area (Å²) in [5.41, 5.74) is 7.72. The van der Waals surface area contributed by atoms with Crippen LogP contribution in [0.3, 0.4) is 0 Å². The van der Waals surface area contributed by atoms with E-state index in [1.807, 2.05) is 6.07 Å². The van der Waals surface area contributed by atoms with Crippen molar-refractivity contribution in [3.05, 3.63) is 28.2 Å². The summed E-state index contributed by atoms with van der Waals surface area (Å²) in [6, 6.07) is 3.43. The third-order valence-corrected chi connectivity index (χ3v) is 6.05. The Kier molecular flexibility index (Phi) is 2.62. The highest BCUT2D eigenvalue weighted by Crippen LogP contribution is 2.63. The average molecular weight is 273 g/mol. The van der Waals surface area contributed by atoms with Crippen LogP contribution < -0.4 is 11.3 Å². The predicted octanol–water partition coefficient (Wildman–Crippen LogP) is 2.00. The highest BCUT2D eigenvalue weighted by atomic mass is 16.1. The van der Waals surface area contributed by atoms with E-state index < -0.39 is 0 Å². The second-order valence-corrected chi connectivity index (χ2v) is 7.48. The van der Waals surface area contributed by atoms with Crippen LogP contribution in [0.4, 0.5) is 0 Å². The molecule has 2 N–H and O–H groups in total. The van der Waals surface area contributed by atoms with Gasteiger partial charge < -0.3 is 5.73 Å². The van der Waals surface area contributed by atoms with Gasteiger partial charge in [0, 0.05) is 13.1 Å². The topological polar surface area (TPSA) is 60.9 Å². The molecule has 1 heterocycles. The molecule has 5 rings (SSSR count). The van der Waals surface area contributed by atoms with Crippen molar-refractivity contribution in [3.63, 3.8) is 0 Å². The van der Waals surface area contributed by atoms with Crippen molar-refractivity contribution in [1.29, 1.82) is 0 Å². The second-order valence-electron chi connectivity index (χ2n) is 7.48. The van der Waals surface area contributed by atoms with Gasteiger partial charge in [-0.1, -0.05) is 0 Å². The first-order valence-corrected chi connectivity index (χ1v) is 7.85. The summed E-state index contributed by atoms with van der Waals surface area (Å²) in [5.74, 6) is 2.67. The maximum Gasteiger partial charge on any atom is 0.266 e. The molecule has 4 heteroatoms. The van der Waals surface area contributed by atoms with Gasteiger partial charge in [0.25, 0.3) is 5.56 Å². The van der Waals surface area contributed by atoms with Gasteiger partial charge in [0.1, 0.15) is 0 Å². The van der Waals surface area contributed by atoms with E-state index in [1.54, 1.807) is 13.1 Å². The third kappa shape index (κ3) is 1.77. The molecule has 108 valence electrons. The predicted molar refractivity (Wildman–Crippen MR) is 77.0 cm³/mol. The molecule has 0 aromatic carbocycles. The zero-order chi connectivity index (χ0) is 13.9. The Balaban J connectivity index is 1.69. The van der Waals surface area contributed by atoms with Crippen LogP contribution in [-0.4, -0.2) is 9.78 Å². The minimum atomic E-state index is -0.0635. The lowest BCUT2D eigenvalue weighted by Crippen LogP contribution is -2.51. The standard InChI is InChI=1S/C16H23N3O/c1-19-14(20)3-2-13(18-19)15(17)16-7-10-4-11(8-16)6-12(5-10)9-16/h2-3,10-12,15H,4-9,17H2,1H3. The molecule has 20 heavy (non-hydrogen) atoms. The Labute approximate surface area is 119 Å². The van der Waals surface area contributed by atoms with Crippen LogP contribution in [0.25, 0.3) is 0 Å². The van der Waals surface area contributed by atoms with Gasteiger partial charge in [-0.15, -0.1) is 0 Å². The van der Waals surface area contributed by atoms with E-state index in [0.717, 1.165) is 23.4 Å². The molecule has 1 atom stereocenters. The molecular formula is C16H23N3O. The fraction of sp³-hybridized carbons (Fsp3) is 0.750. The number of hydrogen-bond acceptors (Lipinski definition) is 3. The molecule has 4 bridgehead atoms. The Hall–Kier alpha value is -1.16. The summed E-state index contributed by atoms with van der Waals surface area (Å²) in [6.45, 7) is 0. The van der Waals surface area contributed by atoms with Crippen LogP contribution in [0.15, 0.2) is 16.9 Å². The molecule has 0 saturated heterocycles. The minimum Gasteiger partial charge on any atom is -0.322 e. The van der Waals surface area contributed by atoms with E-state index in [2.05, 4.69) is 5.10 Å². The van der Waals surface area contributed by atoms with Gasteiger partial charge >= 0.3 is 0 Å². The zero-order valence-corrected chi connectivity index (χ0v) is 12.1. The van der Waals surface area contributed by atoms with E-state index in [9.17, 15) is 4.79 Å². The number of nitrogens with zero attached hydrogens (tertiary/aromatic N) is 2. The van der Waals surface area contributed by atoms with E-state index in [4.69, 9.17) is 5.73 Å². The van der Waals surface area contributed by atoms with Gasteiger partial charge in [0.15, 0.2) is 0 Å². The van der Waals surface area contributed by atoms with Gasteiger partial charge in [-0.3, -0.25) is 4.79 Å². The van der Waals surface area contributed by atoms with Crippen LogP contribution in [0, 0.1) is 23.2 Å². The summed E-state index contributed by atoms with van der Waals surface area (Å²) in [5, 5.41) is 4.41. The first-order chi connectivity index (χ1) is 9.56. The van der Waals surface area contributed by atoms with Crippen LogP contribution in [0.2, 0.25) is 0 Å². The fourth-order valence-corrected chi connectivity index (χ4v) is 5.56. The Morgan fingerprint density at radius 2 is 1.75 bits per heavy atom. The molecule has 0 amide bonds. The molecule has 1 aromatic rings. The fourth-order valence-electron chi connectivity index (χ4n) is 5.56. The van der Waals surface area contributed by atoms with Crippen molar-refractivity contribution in [2.75, 3.05) is 0 Å².